The van der Waals surface area contributed by atoms with Crippen LogP contribution < -0.4 is 5.32 Å². The monoisotopic (exact) mass is 545 g/mol. The van der Waals surface area contributed by atoms with Gasteiger partial charge in [-0.15, -0.1) is 0 Å². The van der Waals surface area contributed by atoms with E-state index in [9.17, 15) is 18.0 Å². The van der Waals surface area contributed by atoms with E-state index in [1.54, 1.807) is 47.3 Å². The van der Waals surface area contributed by atoms with Crippen LogP contribution in [0.4, 0.5) is 13.2 Å². The van der Waals surface area contributed by atoms with Gasteiger partial charge in [-0.05, 0) is 61.9 Å². The van der Waals surface area contributed by atoms with Crippen molar-refractivity contribution in [2.45, 2.75) is 30.8 Å². The first kappa shape index (κ1) is 25.0. The summed E-state index contributed by atoms with van der Waals surface area (Å²) in [5, 5.41) is 6.95. The maximum absolute atomic E-state index is 14.2. The van der Waals surface area contributed by atoms with Crippen LogP contribution in [0.1, 0.15) is 27.2 Å². The van der Waals surface area contributed by atoms with E-state index < -0.39 is 23.2 Å². The SMILES string of the molecule is Cc1ccc(C(=O)NC2=CC3N4[C@@H](N5CCN(C)CC5)[C@]34C(C(F)(F)F)=C2)cc1C#Cc1cnc2cccnn12. The number of imidazole rings is 1. The lowest BCUT2D eigenvalue weighted by Crippen LogP contribution is -2.52. The van der Waals surface area contributed by atoms with Crippen LogP contribution in [0.5, 0.6) is 0 Å². The van der Waals surface area contributed by atoms with Crippen molar-refractivity contribution < 1.29 is 18.0 Å². The van der Waals surface area contributed by atoms with E-state index in [1.807, 2.05) is 24.9 Å². The van der Waals surface area contributed by atoms with Crippen molar-refractivity contribution in [2.75, 3.05) is 33.2 Å². The topological polar surface area (TPSA) is 68.8 Å². The molecule has 3 aliphatic heterocycles. The summed E-state index contributed by atoms with van der Waals surface area (Å²) in [6.07, 6.45) is 1.40. The second-order valence-corrected chi connectivity index (χ2v) is 10.7. The summed E-state index contributed by atoms with van der Waals surface area (Å²) in [6, 6.07) is 8.32. The molecule has 0 saturated carbocycles. The number of benzene rings is 1. The number of amides is 1. The van der Waals surface area contributed by atoms with Crippen molar-refractivity contribution in [2.24, 2.45) is 0 Å². The zero-order valence-electron chi connectivity index (χ0n) is 21.9. The molecule has 8 nitrogen and oxygen atoms in total. The number of carbonyl (C=O) groups excluding carboxylic acids is 1. The number of aryl methyl sites for hydroxylation is 1. The number of nitrogens with one attached hydrogen (secondary N) is 1. The lowest BCUT2D eigenvalue weighted by molar-refractivity contribution is -0.0965. The molecule has 11 heteroatoms. The predicted molar refractivity (Wildman–Crippen MR) is 141 cm³/mol. The smallest absolute Gasteiger partial charge is 0.322 e. The van der Waals surface area contributed by atoms with Gasteiger partial charge in [-0.25, -0.2) is 9.50 Å². The Hall–Kier alpha value is -3.98. The van der Waals surface area contributed by atoms with E-state index in [-0.39, 0.29) is 17.9 Å². The van der Waals surface area contributed by atoms with Gasteiger partial charge in [0.1, 0.15) is 11.2 Å². The number of nitrogens with zero attached hydrogens (tertiary/aromatic N) is 6. The molecule has 4 aliphatic rings. The van der Waals surface area contributed by atoms with Crippen molar-refractivity contribution in [1.29, 1.82) is 0 Å². The highest BCUT2D eigenvalue weighted by Crippen LogP contribution is 2.72. The summed E-state index contributed by atoms with van der Waals surface area (Å²) in [4.78, 5) is 23.6. The Morgan fingerprint density at radius 2 is 1.95 bits per heavy atom. The molecule has 2 unspecified atom stereocenters. The fourth-order valence-electron chi connectivity index (χ4n) is 6.07. The van der Waals surface area contributed by atoms with E-state index in [1.165, 1.54) is 0 Å². The van der Waals surface area contributed by atoms with Crippen LogP contribution in [-0.2, 0) is 0 Å². The van der Waals surface area contributed by atoms with Gasteiger partial charge in [0.15, 0.2) is 5.65 Å². The lowest BCUT2D eigenvalue weighted by Gasteiger charge is -2.36. The number of allylic oxidation sites excluding steroid dienone is 1. The number of fused-ring (bicyclic) bond motifs is 2. The zero-order chi connectivity index (χ0) is 27.8. The van der Waals surface area contributed by atoms with Crippen LogP contribution >= 0.6 is 0 Å². The highest BCUT2D eigenvalue weighted by Gasteiger charge is 2.90. The average Bonchev–Trinajstić information content (AvgIpc) is 3.73. The fraction of sp³-hybridized carbons (Fsp3) is 0.345. The summed E-state index contributed by atoms with van der Waals surface area (Å²) < 4.78 is 44.3. The third-order valence-corrected chi connectivity index (χ3v) is 8.32. The van der Waals surface area contributed by atoms with Crippen molar-refractivity contribution >= 4 is 11.6 Å². The second-order valence-electron chi connectivity index (χ2n) is 10.7. The number of likely N-dealkylation sites (N-methyl/N-ethyl adjacent to an activating group) is 1. The molecular formula is C29H26F3N7O. The molecule has 1 aromatic carbocycles. The normalized spacial score (nSPS) is 27.6. The lowest BCUT2D eigenvalue weighted by atomic mass is 9.88. The Morgan fingerprint density at radius 1 is 1.15 bits per heavy atom. The number of halogens is 3. The van der Waals surface area contributed by atoms with Crippen LogP contribution in [0.25, 0.3) is 5.65 Å². The molecule has 4 atom stereocenters. The van der Waals surface area contributed by atoms with Crippen molar-refractivity contribution in [1.82, 2.24) is 34.6 Å². The van der Waals surface area contributed by atoms with E-state index in [2.05, 4.69) is 37.0 Å². The van der Waals surface area contributed by atoms with Crippen molar-refractivity contribution in [3.8, 4) is 11.8 Å². The van der Waals surface area contributed by atoms with Crippen LogP contribution in [-0.4, -0.2) is 92.4 Å². The first-order valence-electron chi connectivity index (χ1n) is 13.1. The molecule has 3 aromatic rings. The van der Waals surface area contributed by atoms with E-state index in [0.717, 1.165) is 37.8 Å². The largest absolute Gasteiger partial charge is 0.414 e. The Morgan fingerprint density at radius 3 is 2.73 bits per heavy atom. The number of hydrogen-bond donors (Lipinski definition) is 1. The van der Waals surface area contributed by atoms with E-state index >= 15 is 0 Å². The van der Waals surface area contributed by atoms with Crippen LogP contribution in [0, 0.1) is 18.8 Å². The van der Waals surface area contributed by atoms with E-state index in [4.69, 9.17) is 0 Å². The molecule has 5 heterocycles. The number of alkyl halides is 3. The van der Waals surface area contributed by atoms with Crippen molar-refractivity contribution in [3.05, 3.63) is 88.5 Å². The Bertz CT molecular complexity index is 1670. The standard InChI is InChI=1S/C29H26F3N7O/c1-18-5-6-20(14-19(18)7-8-22-17-33-25-4-3-9-34-39(22)25)26(40)35-21-15-23(29(30,31)32)28-24(16-21)38(28)27(28)37-12-10-36(2)11-13-37/h3-6,9,14-17,24,27H,10-13H2,1-2H3,(H,35,40)/t24?,27-,28+,38?/m1/s1. The molecule has 3 fully saturated rings. The number of rotatable bonds is 3. The minimum atomic E-state index is -4.49. The Labute approximate surface area is 228 Å². The fourth-order valence-corrected chi connectivity index (χ4v) is 6.07. The van der Waals surface area contributed by atoms with Gasteiger partial charge in [-0.2, -0.15) is 18.3 Å². The minimum Gasteiger partial charge on any atom is -0.322 e. The third-order valence-electron chi connectivity index (χ3n) is 8.32. The molecular weight excluding hydrogens is 519 g/mol. The predicted octanol–water partition coefficient (Wildman–Crippen LogP) is 2.56. The highest BCUT2D eigenvalue weighted by atomic mass is 19.4. The summed E-state index contributed by atoms with van der Waals surface area (Å²) in [5.41, 5.74) is 1.66. The first-order chi connectivity index (χ1) is 19.2. The number of aromatic nitrogens is 3. The molecule has 0 bridgehead atoms. The van der Waals surface area contributed by atoms with Gasteiger partial charge in [0.05, 0.1) is 24.0 Å². The van der Waals surface area contributed by atoms with Crippen LogP contribution in [0.15, 0.2) is 66.1 Å². The Balaban J connectivity index is 1.10. The average molecular weight is 546 g/mol. The molecule has 1 spiro atoms. The molecule has 0 radical (unpaired) electrons. The molecule has 204 valence electrons. The number of carbonyl (C=O) groups is 1. The van der Waals surface area contributed by atoms with Crippen LogP contribution in [0.3, 0.4) is 0 Å². The molecule has 1 aliphatic carbocycles. The first-order valence-corrected chi connectivity index (χ1v) is 13.1. The minimum absolute atomic E-state index is 0.169. The molecule has 3 saturated heterocycles. The van der Waals surface area contributed by atoms with Gasteiger partial charge < -0.3 is 10.2 Å². The third kappa shape index (κ3) is 3.86. The molecule has 2 aromatic heterocycles. The van der Waals surface area contributed by atoms with Gasteiger partial charge in [0.25, 0.3) is 5.91 Å². The van der Waals surface area contributed by atoms with Gasteiger partial charge >= 0.3 is 6.18 Å². The van der Waals surface area contributed by atoms with Crippen molar-refractivity contribution in [3.63, 3.8) is 0 Å². The zero-order valence-corrected chi connectivity index (χ0v) is 21.9. The van der Waals surface area contributed by atoms with Gasteiger partial charge in [-0.1, -0.05) is 12.0 Å². The molecule has 40 heavy (non-hydrogen) atoms. The molecule has 1 amide bonds. The summed E-state index contributed by atoms with van der Waals surface area (Å²) >= 11 is 0. The van der Waals surface area contributed by atoms with Gasteiger partial charge in [-0.3, -0.25) is 14.6 Å². The number of piperazine rings is 1. The number of hydrogen-bond acceptors (Lipinski definition) is 6. The van der Waals surface area contributed by atoms with Gasteiger partial charge in [0.2, 0.25) is 0 Å². The molecule has 7 rings (SSSR count). The molecule has 1 N–H and O–H groups in total. The second kappa shape index (κ2) is 8.76. The maximum atomic E-state index is 14.2. The van der Waals surface area contributed by atoms with Gasteiger partial charge in [0, 0.05) is 49.2 Å². The summed E-state index contributed by atoms with van der Waals surface area (Å²) in [7, 11) is 2.02. The highest BCUT2D eigenvalue weighted by molar-refractivity contribution is 5.96. The maximum Gasteiger partial charge on any atom is 0.414 e. The quantitative estimate of drug-likeness (QED) is 0.403. The summed E-state index contributed by atoms with van der Waals surface area (Å²) in [5.74, 6) is 5.64. The van der Waals surface area contributed by atoms with Crippen LogP contribution in [0.2, 0.25) is 0 Å². The summed E-state index contributed by atoms with van der Waals surface area (Å²) in [6.45, 7) is 5.05. The Kier molecular flexibility index (Phi) is 5.48. The van der Waals surface area contributed by atoms with E-state index in [0.29, 0.717) is 22.5 Å².